The summed E-state index contributed by atoms with van der Waals surface area (Å²) in [4.78, 5) is 28.4. The van der Waals surface area contributed by atoms with Crippen molar-refractivity contribution in [2.75, 3.05) is 13.2 Å². The molecule has 1 aromatic carbocycles. The first-order valence-corrected chi connectivity index (χ1v) is 6.85. The van der Waals surface area contributed by atoms with E-state index in [4.69, 9.17) is 9.47 Å². The molecule has 5 nitrogen and oxygen atoms in total. The molecule has 0 fully saturated rings. The van der Waals surface area contributed by atoms with Crippen LogP contribution in [0.15, 0.2) is 36.7 Å². The maximum absolute atomic E-state index is 12.2. The molecule has 110 valence electrons. The number of nitrogens with zero attached hydrogens (tertiary/aromatic N) is 1. The summed E-state index contributed by atoms with van der Waals surface area (Å²) in [5.74, 6) is -2.34. The number of pyridine rings is 1. The van der Waals surface area contributed by atoms with Gasteiger partial charge in [0, 0.05) is 23.3 Å². The molecule has 0 amide bonds. The van der Waals surface area contributed by atoms with Crippen molar-refractivity contribution >= 4 is 22.7 Å². The molecule has 2 aromatic rings. The number of aromatic nitrogens is 1. The number of carbonyl (C=O) groups excluding carboxylic acids is 2. The predicted molar refractivity (Wildman–Crippen MR) is 77.8 cm³/mol. The van der Waals surface area contributed by atoms with Crippen LogP contribution in [0.25, 0.3) is 10.8 Å². The number of benzene rings is 1. The van der Waals surface area contributed by atoms with Crippen molar-refractivity contribution in [3.05, 3.63) is 42.2 Å². The topological polar surface area (TPSA) is 65.5 Å². The predicted octanol–water partition coefficient (Wildman–Crippen LogP) is 2.44. The number of hydrogen-bond acceptors (Lipinski definition) is 5. The highest BCUT2D eigenvalue weighted by atomic mass is 16.6. The van der Waals surface area contributed by atoms with Crippen LogP contribution in [0.4, 0.5) is 0 Å². The van der Waals surface area contributed by atoms with Crippen LogP contribution < -0.4 is 0 Å². The number of hydrogen-bond donors (Lipinski definition) is 0. The second-order valence-corrected chi connectivity index (χ2v) is 4.39. The molecule has 2 rings (SSSR count). The van der Waals surface area contributed by atoms with Gasteiger partial charge in [-0.2, -0.15) is 0 Å². The van der Waals surface area contributed by atoms with Crippen LogP contribution >= 0.6 is 0 Å². The summed E-state index contributed by atoms with van der Waals surface area (Å²) in [6.07, 6.45) is 3.20. The molecule has 21 heavy (non-hydrogen) atoms. The van der Waals surface area contributed by atoms with E-state index >= 15 is 0 Å². The van der Waals surface area contributed by atoms with E-state index in [1.54, 1.807) is 20.0 Å². The SMILES string of the molecule is CCOC(=O)C(C(=O)OCC)c1cncc2ccccc12. The van der Waals surface area contributed by atoms with Gasteiger partial charge in [0.25, 0.3) is 0 Å². The first kappa shape index (κ1) is 15.0. The molecule has 5 heteroatoms. The van der Waals surface area contributed by atoms with Crippen LogP contribution in [0.2, 0.25) is 0 Å². The van der Waals surface area contributed by atoms with Gasteiger partial charge < -0.3 is 9.47 Å². The van der Waals surface area contributed by atoms with E-state index in [1.807, 2.05) is 24.3 Å². The summed E-state index contributed by atoms with van der Waals surface area (Å²) in [5, 5.41) is 1.65. The Morgan fingerprint density at radius 2 is 1.67 bits per heavy atom. The second-order valence-electron chi connectivity index (χ2n) is 4.39. The van der Waals surface area contributed by atoms with Gasteiger partial charge in [0.05, 0.1) is 13.2 Å². The van der Waals surface area contributed by atoms with Gasteiger partial charge in [-0.1, -0.05) is 24.3 Å². The molecule has 1 aromatic heterocycles. The third kappa shape index (κ3) is 3.18. The van der Waals surface area contributed by atoms with Crippen molar-refractivity contribution in [1.82, 2.24) is 4.98 Å². The fourth-order valence-corrected chi connectivity index (χ4v) is 2.17. The maximum atomic E-state index is 12.2. The number of esters is 2. The number of carbonyl (C=O) groups is 2. The van der Waals surface area contributed by atoms with Gasteiger partial charge in [0.15, 0.2) is 5.92 Å². The smallest absolute Gasteiger partial charge is 0.324 e. The zero-order chi connectivity index (χ0) is 15.2. The molecule has 0 unspecified atom stereocenters. The van der Waals surface area contributed by atoms with Gasteiger partial charge in [-0.05, 0) is 19.2 Å². The van der Waals surface area contributed by atoms with Crippen LogP contribution in [-0.2, 0) is 19.1 Å². The average Bonchev–Trinajstić information content (AvgIpc) is 2.48. The summed E-state index contributed by atoms with van der Waals surface area (Å²) in [7, 11) is 0. The molecular formula is C16H17NO4. The fourth-order valence-electron chi connectivity index (χ4n) is 2.17. The molecule has 0 saturated heterocycles. The monoisotopic (exact) mass is 287 g/mol. The minimum Gasteiger partial charge on any atom is -0.465 e. The van der Waals surface area contributed by atoms with E-state index in [0.29, 0.717) is 5.56 Å². The Kier molecular flexibility index (Phi) is 4.87. The molecule has 0 N–H and O–H groups in total. The van der Waals surface area contributed by atoms with Crippen molar-refractivity contribution in [1.29, 1.82) is 0 Å². The van der Waals surface area contributed by atoms with E-state index < -0.39 is 17.9 Å². The fraction of sp³-hybridized carbons (Fsp3) is 0.312. The van der Waals surface area contributed by atoms with Crippen LogP contribution in [-0.4, -0.2) is 30.1 Å². The molecule has 0 atom stereocenters. The van der Waals surface area contributed by atoms with Gasteiger partial charge in [0.2, 0.25) is 0 Å². The Balaban J connectivity index is 2.52. The number of fused-ring (bicyclic) bond motifs is 1. The van der Waals surface area contributed by atoms with Crippen molar-refractivity contribution in [3.63, 3.8) is 0 Å². The van der Waals surface area contributed by atoms with Crippen LogP contribution in [0.1, 0.15) is 25.3 Å². The normalized spacial score (nSPS) is 10.6. The van der Waals surface area contributed by atoms with Crippen LogP contribution in [0.3, 0.4) is 0 Å². The standard InChI is InChI=1S/C16H17NO4/c1-3-20-15(18)14(16(19)21-4-2)13-10-17-9-11-7-5-6-8-12(11)13/h5-10,14H,3-4H2,1-2H3. The van der Waals surface area contributed by atoms with Crippen molar-refractivity contribution in [2.24, 2.45) is 0 Å². The van der Waals surface area contributed by atoms with Crippen LogP contribution in [0, 0.1) is 0 Å². The third-order valence-electron chi connectivity index (χ3n) is 3.05. The lowest BCUT2D eigenvalue weighted by Crippen LogP contribution is -2.26. The van der Waals surface area contributed by atoms with Gasteiger partial charge in [-0.25, -0.2) is 0 Å². The van der Waals surface area contributed by atoms with E-state index in [-0.39, 0.29) is 13.2 Å². The summed E-state index contributed by atoms with van der Waals surface area (Å²) in [6, 6.07) is 7.44. The third-order valence-corrected chi connectivity index (χ3v) is 3.05. The Bertz CT molecular complexity index is 630. The largest absolute Gasteiger partial charge is 0.465 e. The second kappa shape index (κ2) is 6.83. The summed E-state index contributed by atoms with van der Waals surface area (Å²) < 4.78 is 10.0. The first-order valence-electron chi connectivity index (χ1n) is 6.85. The summed E-state index contributed by atoms with van der Waals surface area (Å²) in [6.45, 7) is 3.79. The maximum Gasteiger partial charge on any atom is 0.324 e. The molecule has 0 saturated carbocycles. The highest BCUT2D eigenvalue weighted by molar-refractivity contribution is 6.04. The first-order chi connectivity index (χ1) is 10.2. The van der Waals surface area contributed by atoms with Gasteiger partial charge in [0.1, 0.15) is 0 Å². The summed E-state index contributed by atoms with van der Waals surface area (Å²) >= 11 is 0. The van der Waals surface area contributed by atoms with Crippen molar-refractivity contribution in [2.45, 2.75) is 19.8 Å². The van der Waals surface area contributed by atoms with Crippen molar-refractivity contribution in [3.8, 4) is 0 Å². The minimum atomic E-state index is -1.11. The Morgan fingerprint density at radius 3 is 2.29 bits per heavy atom. The highest BCUT2D eigenvalue weighted by Gasteiger charge is 2.33. The number of ether oxygens (including phenoxy) is 2. The highest BCUT2D eigenvalue weighted by Crippen LogP contribution is 2.27. The Labute approximate surface area is 122 Å². The lowest BCUT2D eigenvalue weighted by Gasteiger charge is -2.16. The Morgan fingerprint density at radius 1 is 1.05 bits per heavy atom. The molecule has 0 aliphatic carbocycles. The summed E-state index contributed by atoms with van der Waals surface area (Å²) in [5.41, 5.74) is 0.505. The van der Waals surface area contributed by atoms with E-state index in [0.717, 1.165) is 10.8 Å². The van der Waals surface area contributed by atoms with E-state index in [2.05, 4.69) is 4.98 Å². The van der Waals surface area contributed by atoms with Gasteiger partial charge in [-0.3, -0.25) is 14.6 Å². The molecule has 0 aliphatic heterocycles. The minimum absolute atomic E-state index is 0.201. The van der Waals surface area contributed by atoms with Crippen LogP contribution in [0.5, 0.6) is 0 Å². The van der Waals surface area contributed by atoms with Crippen molar-refractivity contribution < 1.29 is 19.1 Å². The lowest BCUT2D eigenvalue weighted by molar-refractivity contribution is -0.156. The average molecular weight is 287 g/mol. The molecular weight excluding hydrogens is 270 g/mol. The molecule has 0 spiro atoms. The number of rotatable bonds is 5. The van der Waals surface area contributed by atoms with E-state index in [1.165, 1.54) is 6.20 Å². The Hall–Kier alpha value is -2.43. The quantitative estimate of drug-likeness (QED) is 0.624. The molecule has 0 bridgehead atoms. The molecule has 0 radical (unpaired) electrons. The lowest BCUT2D eigenvalue weighted by atomic mass is 9.95. The van der Waals surface area contributed by atoms with E-state index in [9.17, 15) is 9.59 Å². The zero-order valence-corrected chi connectivity index (χ0v) is 12.0. The molecule has 1 heterocycles. The van der Waals surface area contributed by atoms with Gasteiger partial charge >= 0.3 is 11.9 Å². The molecule has 0 aliphatic rings. The zero-order valence-electron chi connectivity index (χ0n) is 12.0. The van der Waals surface area contributed by atoms with Gasteiger partial charge in [-0.15, -0.1) is 0 Å².